The van der Waals surface area contributed by atoms with Gasteiger partial charge in [0.1, 0.15) is 23.0 Å². The Bertz CT molecular complexity index is 833. The number of fused-ring (bicyclic) bond motifs is 1. The molecule has 20 heavy (non-hydrogen) atoms. The summed E-state index contributed by atoms with van der Waals surface area (Å²) in [5.41, 5.74) is 2.88. The molecule has 4 nitrogen and oxygen atoms in total. The molecule has 0 unspecified atom stereocenters. The van der Waals surface area contributed by atoms with Gasteiger partial charge >= 0.3 is 0 Å². The van der Waals surface area contributed by atoms with Crippen molar-refractivity contribution < 1.29 is 5.11 Å². The van der Waals surface area contributed by atoms with Crippen LogP contribution in [-0.2, 0) is 0 Å². The summed E-state index contributed by atoms with van der Waals surface area (Å²) in [5.74, 6) is 0.000214. The molecule has 1 N–H and O–H groups in total. The first-order valence-corrected chi connectivity index (χ1v) is 7.20. The van der Waals surface area contributed by atoms with Crippen LogP contribution in [0.2, 0.25) is 0 Å². The Morgan fingerprint density at radius 2 is 2.20 bits per heavy atom. The maximum atomic E-state index is 10.0. The Kier molecular flexibility index (Phi) is 3.09. The highest BCUT2D eigenvalue weighted by atomic mass is 32.2. The van der Waals surface area contributed by atoms with E-state index in [0.29, 0.717) is 5.56 Å². The lowest BCUT2D eigenvalue weighted by Gasteiger charge is -2.07. The van der Waals surface area contributed by atoms with Gasteiger partial charge in [0.15, 0.2) is 0 Å². The highest BCUT2D eigenvalue weighted by molar-refractivity contribution is 7.98. The fourth-order valence-electron chi connectivity index (χ4n) is 2.17. The van der Waals surface area contributed by atoms with Gasteiger partial charge in [0.2, 0.25) is 0 Å². The molecule has 2 aromatic heterocycles. The van der Waals surface area contributed by atoms with Crippen LogP contribution in [0.5, 0.6) is 5.75 Å². The maximum absolute atomic E-state index is 10.0. The van der Waals surface area contributed by atoms with Crippen LogP contribution in [0.1, 0.15) is 5.56 Å². The molecular formula is C15H11N3OS. The van der Waals surface area contributed by atoms with Crippen LogP contribution < -0.4 is 0 Å². The van der Waals surface area contributed by atoms with Gasteiger partial charge in [-0.25, -0.2) is 4.98 Å². The molecule has 2 heterocycles. The van der Waals surface area contributed by atoms with E-state index in [1.807, 2.05) is 47.2 Å². The van der Waals surface area contributed by atoms with Crippen molar-refractivity contribution in [3.8, 4) is 23.1 Å². The molecule has 0 aliphatic rings. The number of hydrogen-bond acceptors (Lipinski definition) is 4. The van der Waals surface area contributed by atoms with E-state index in [1.165, 1.54) is 11.8 Å². The normalized spacial score (nSPS) is 10.6. The molecule has 98 valence electrons. The van der Waals surface area contributed by atoms with Crippen LogP contribution in [0.15, 0.2) is 47.6 Å². The van der Waals surface area contributed by atoms with Gasteiger partial charge < -0.3 is 5.11 Å². The quantitative estimate of drug-likeness (QED) is 0.732. The number of imidazole rings is 1. The molecule has 0 amide bonds. The summed E-state index contributed by atoms with van der Waals surface area (Å²) in [6.45, 7) is 0. The molecule has 0 saturated carbocycles. The predicted molar refractivity (Wildman–Crippen MR) is 78.8 cm³/mol. The number of aromatic nitrogens is 2. The molecular weight excluding hydrogens is 270 g/mol. The van der Waals surface area contributed by atoms with Crippen LogP contribution in [-0.4, -0.2) is 20.7 Å². The van der Waals surface area contributed by atoms with Crippen LogP contribution >= 0.6 is 11.8 Å². The first-order chi connectivity index (χ1) is 9.74. The van der Waals surface area contributed by atoms with E-state index in [1.54, 1.807) is 12.3 Å². The number of thioether (sulfide) groups is 1. The summed E-state index contributed by atoms with van der Waals surface area (Å²) >= 11 is 1.44. The number of phenolic OH excluding ortho intramolecular Hbond substituents is 1. The molecule has 5 heteroatoms. The van der Waals surface area contributed by atoms with Crippen molar-refractivity contribution in [2.24, 2.45) is 0 Å². The lowest BCUT2D eigenvalue weighted by atomic mass is 10.1. The molecule has 3 rings (SSSR count). The summed E-state index contributed by atoms with van der Waals surface area (Å²) in [5, 5.41) is 19.1. The first kappa shape index (κ1) is 12.6. The smallest absolute Gasteiger partial charge is 0.137 e. The number of benzene rings is 1. The van der Waals surface area contributed by atoms with Crippen LogP contribution in [0.3, 0.4) is 0 Å². The minimum atomic E-state index is 0.000214. The van der Waals surface area contributed by atoms with E-state index in [4.69, 9.17) is 5.26 Å². The zero-order chi connectivity index (χ0) is 14.1. The fourth-order valence-corrected chi connectivity index (χ4v) is 2.77. The van der Waals surface area contributed by atoms with E-state index in [-0.39, 0.29) is 5.75 Å². The second-order valence-electron chi connectivity index (χ2n) is 4.26. The minimum absolute atomic E-state index is 0.000214. The zero-order valence-electron chi connectivity index (χ0n) is 10.7. The SMILES string of the molecule is CSc1cc(-c2cnc3ccccn23)cc(O)c1C#N. The van der Waals surface area contributed by atoms with Crippen molar-refractivity contribution >= 4 is 17.4 Å². The third-order valence-electron chi connectivity index (χ3n) is 3.13. The molecule has 3 aromatic rings. The predicted octanol–water partition coefficient (Wildman–Crippen LogP) is 3.30. The van der Waals surface area contributed by atoms with Crippen LogP contribution in [0, 0.1) is 11.3 Å². The Labute approximate surface area is 120 Å². The molecule has 0 aliphatic heterocycles. The minimum Gasteiger partial charge on any atom is -0.507 e. The monoisotopic (exact) mass is 281 g/mol. The van der Waals surface area contributed by atoms with Crippen molar-refractivity contribution in [1.82, 2.24) is 9.38 Å². The summed E-state index contributed by atoms with van der Waals surface area (Å²) < 4.78 is 1.95. The van der Waals surface area contributed by atoms with Crippen molar-refractivity contribution in [2.45, 2.75) is 4.90 Å². The van der Waals surface area contributed by atoms with Crippen molar-refractivity contribution in [2.75, 3.05) is 6.26 Å². The molecule has 0 atom stereocenters. The van der Waals surface area contributed by atoms with E-state index in [9.17, 15) is 5.11 Å². The van der Waals surface area contributed by atoms with Crippen molar-refractivity contribution in [3.05, 3.63) is 48.3 Å². The summed E-state index contributed by atoms with van der Waals surface area (Å²) in [6, 6.07) is 11.3. The number of phenols is 1. The van der Waals surface area contributed by atoms with Crippen LogP contribution in [0.25, 0.3) is 16.9 Å². The fraction of sp³-hybridized carbons (Fsp3) is 0.0667. The second kappa shape index (κ2) is 4.91. The summed E-state index contributed by atoms with van der Waals surface area (Å²) in [6.07, 6.45) is 5.57. The second-order valence-corrected chi connectivity index (χ2v) is 5.10. The molecule has 0 aliphatic carbocycles. The Morgan fingerprint density at radius 3 is 2.95 bits per heavy atom. The number of pyridine rings is 1. The lowest BCUT2D eigenvalue weighted by molar-refractivity contribution is 0.472. The average Bonchev–Trinajstić information content (AvgIpc) is 2.90. The van der Waals surface area contributed by atoms with E-state index < -0.39 is 0 Å². The molecule has 1 aromatic carbocycles. The van der Waals surface area contributed by atoms with E-state index in [2.05, 4.69) is 4.98 Å². The van der Waals surface area contributed by atoms with Gasteiger partial charge in [0.25, 0.3) is 0 Å². The van der Waals surface area contributed by atoms with Gasteiger partial charge in [-0.3, -0.25) is 4.40 Å². The van der Waals surface area contributed by atoms with Gasteiger partial charge in [-0.15, -0.1) is 11.8 Å². The summed E-state index contributed by atoms with van der Waals surface area (Å²) in [4.78, 5) is 5.09. The average molecular weight is 281 g/mol. The molecule has 0 bridgehead atoms. The third kappa shape index (κ3) is 1.91. The Balaban J connectivity index is 2.25. The van der Waals surface area contributed by atoms with E-state index in [0.717, 1.165) is 21.8 Å². The highest BCUT2D eigenvalue weighted by Gasteiger charge is 2.13. The molecule has 0 fully saturated rings. The van der Waals surface area contributed by atoms with Crippen molar-refractivity contribution in [1.29, 1.82) is 5.26 Å². The van der Waals surface area contributed by atoms with E-state index >= 15 is 0 Å². The zero-order valence-corrected chi connectivity index (χ0v) is 11.6. The number of nitriles is 1. The van der Waals surface area contributed by atoms with Gasteiger partial charge in [-0.2, -0.15) is 5.26 Å². The standard InChI is InChI=1S/C15H11N3OS/c1-20-14-7-10(6-13(19)11(14)8-16)12-9-17-15-4-2-3-5-18(12)15/h2-7,9,19H,1H3. The van der Waals surface area contributed by atoms with Crippen LogP contribution in [0.4, 0.5) is 0 Å². The number of hydrogen-bond donors (Lipinski definition) is 1. The molecule has 0 saturated heterocycles. The van der Waals surface area contributed by atoms with Gasteiger partial charge in [0.05, 0.1) is 11.9 Å². The maximum Gasteiger partial charge on any atom is 0.137 e. The third-order valence-corrected chi connectivity index (χ3v) is 3.89. The molecule has 0 spiro atoms. The van der Waals surface area contributed by atoms with Gasteiger partial charge in [0, 0.05) is 16.7 Å². The highest BCUT2D eigenvalue weighted by Crippen LogP contribution is 2.33. The topological polar surface area (TPSA) is 61.3 Å². The Hall–Kier alpha value is -2.45. The summed E-state index contributed by atoms with van der Waals surface area (Å²) in [7, 11) is 0. The van der Waals surface area contributed by atoms with Gasteiger partial charge in [-0.1, -0.05) is 6.07 Å². The van der Waals surface area contributed by atoms with Crippen molar-refractivity contribution in [3.63, 3.8) is 0 Å². The number of nitrogens with zero attached hydrogens (tertiary/aromatic N) is 3. The number of rotatable bonds is 2. The number of aromatic hydroxyl groups is 1. The Morgan fingerprint density at radius 1 is 1.35 bits per heavy atom. The van der Waals surface area contributed by atoms with Gasteiger partial charge in [-0.05, 0) is 30.5 Å². The molecule has 0 radical (unpaired) electrons. The first-order valence-electron chi connectivity index (χ1n) is 5.98. The lowest BCUT2D eigenvalue weighted by Crippen LogP contribution is -1.90. The largest absolute Gasteiger partial charge is 0.507 e.